The van der Waals surface area contributed by atoms with Crippen molar-refractivity contribution in [3.8, 4) is 34.1 Å². The Labute approximate surface area is 245 Å². The van der Waals surface area contributed by atoms with E-state index < -0.39 is 11.8 Å². The molecular weight excluding hydrogens is 543 g/mol. The van der Waals surface area contributed by atoms with Gasteiger partial charge in [0.15, 0.2) is 12.6 Å². The summed E-state index contributed by atoms with van der Waals surface area (Å²) < 4.78 is 35.7. The Morgan fingerprint density at radius 2 is 1.86 bits per heavy atom. The van der Waals surface area contributed by atoms with Crippen LogP contribution in [0.2, 0.25) is 0 Å². The first-order valence-electron chi connectivity index (χ1n) is 14.0. The second kappa shape index (κ2) is 12.4. The lowest BCUT2D eigenvalue weighted by molar-refractivity contribution is -0.0178. The fourth-order valence-corrected chi connectivity index (χ4v) is 5.22. The highest BCUT2D eigenvalue weighted by Crippen LogP contribution is 2.36. The third kappa shape index (κ3) is 6.70. The molecule has 1 saturated carbocycles. The number of anilines is 1. The van der Waals surface area contributed by atoms with E-state index >= 15 is 0 Å². The van der Waals surface area contributed by atoms with E-state index in [-0.39, 0.29) is 25.0 Å². The number of halogens is 1. The van der Waals surface area contributed by atoms with E-state index in [9.17, 15) is 9.18 Å². The largest absolute Gasteiger partial charge is 0.481 e. The maximum atomic E-state index is 13.7. The van der Waals surface area contributed by atoms with Crippen LogP contribution in [0.1, 0.15) is 40.0 Å². The molecule has 2 fully saturated rings. The molecule has 1 aliphatic carbocycles. The van der Waals surface area contributed by atoms with Crippen LogP contribution in [-0.2, 0) is 9.47 Å². The van der Waals surface area contributed by atoms with Gasteiger partial charge in [0, 0.05) is 43.4 Å². The summed E-state index contributed by atoms with van der Waals surface area (Å²) >= 11 is 0. The lowest BCUT2D eigenvalue weighted by Gasteiger charge is -2.43. The van der Waals surface area contributed by atoms with Gasteiger partial charge < -0.3 is 28.7 Å². The number of methoxy groups -OCH3 is 2. The summed E-state index contributed by atoms with van der Waals surface area (Å²) in [6.07, 6.45) is 1.62. The van der Waals surface area contributed by atoms with E-state index in [1.165, 1.54) is 6.33 Å². The number of nitrogens with zero attached hydrogens (tertiary/aromatic N) is 6. The van der Waals surface area contributed by atoms with Gasteiger partial charge in [-0.3, -0.25) is 0 Å². The molecule has 1 amide bonds. The summed E-state index contributed by atoms with van der Waals surface area (Å²) in [5.74, 6) is 1.73. The molecule has 0 N–H and O–H groups in total. The van der Waals surface area contributed by atoms with Gasteiger partial charge in [-0.2, -0.15) is 0 Å². The Kier molecular flexibility index (Phi) is 8.72. The molecule has 224 valence electrons. The zero-order chi connectivity index (χ0) is 29.9. The standard InChI is InChI=1S/C30H37FN6O5/c1-30(2,3)42-29(38)37(22-13-20(31)14-22)21-10-11-36(16-21)27-9-8-24(34-35-27)23-7-6-19(12-26(23)41-18-39-4)25-15-28(40-5)33-17-32-25/h6-9,12,15,17,20-22H,10-11,13-14,16,18H2,1-5H3. The fraction of sp³-hybridized carbons (Fsp3) is 0.500. The maximum absolute atomic E-state index is 13.7. The highest BCUT2D eigenvalue weighted by Gasteiger charge is 2.43. The molecule has 5 rings (SSSR count). The molecule has 0 spiro atoms. The molecule has 1 aliphatic heterocycles. The smallest absolute Gasteiger partial charge is 0.410 e. The Bertz CT molecular complexity index is 1380. The molecule has 3 heterocycles. The monoisotopic (exact) mass is 580 g/mol. The molecule has 3 aromatic rings. The summed E-state index contributed by atoms with van der Waals surface area (Å²) in [7, 11) is 3.11. The van der Waals surface area contributed by atoms with Gasteiger partial charge in [-0.25, -0.2) is 19.2 Å². The van der Waals surface area contributed by atoms with Crippen molar-refractivity contribution < 1.29 is 28.1 Å². The molecule has 0 radical (unpaired) electrons. The van der Waals surface area contributed by atoms with Gasteiger partial charge in [0.1, 0.15) is 23.8 Å². The number of ether oxygens (including phenoxy) is 4. The van der Waals surface area contributed by atoms with Crippen LogP contribution in [-0.4, -0.2) is 89.1 Å². The lowest BCUT2D eigenvalue weighted by atomic mass is 9.88. The third-order valence-electron chi connectivity index (χ3n) is 7.32. The fourth-order valence-electron chi connectivity index (χ4n) is 5.22. The highest BCUT2D eigenvalue weighted by atomic mass is 19.1. The third-order valence-corrected chi connectivity index (χ3v) is 7.32. The zero-order valence-corrected chi connectivity index (χ0v) is 24.6. The van der Waals surface area contributed by atoms with Crippen molar-refractivity contribution in [2.45, 2.75) is 63.9 Å². The first kappa shape index (κ1) is 29.4. The number of hydrogen-bond donors (Lipinski definition) is 0. The molecule has 1 aromatic carbocycles. The normalized spacial score (nSPS) is 20.1. The van der Waals surface area contributed by atoms with Crippen molar-refractivity contribution in [1.29, 1.82) is 0 Å². The Morgan fingerprint density at radius 3 is 2.52 bits per heavy atom. The van der Waals surface area contributed by atoms with Crippen molar-refractivity contribution in [2.75, 3.05) is 39.0 Å². The number of carbonyl (C=O) groups is 1. The van der Waals surface area contributed by atoms with E-state index in [1.54, 1.807) is 25.2 Å². The molecule has 2 aliphatic rings. The van der Waals surface area contributed by atoms with Crippen molar-refractivity contribution in [1.82, 2.24) is 25.1 Å². The molecule has 1 atom stereocenters. The minimum Gasteiger partial charge on any atom is -0.481 e. The number of aromatic nitrogens is 4. The number of benzene rings is 1. The molecule has 11 nitrogen and oxygen atoms in total. The summed E-state index contributed by atoms with van der Waals surface area (Å²) in [6, 6.07) is 11.0. The second-order valence-electron chi connectivity index (χ2n) is 11.5. The van der Waals surface area contributed by atoms with Crippen LogP contribution < -0.4 is 14.4 Å². The molecule has 42 heavy (non-hydrogen) atoms. The van der Waals surface area contributed by atoms with Gasteiger partial charge in [-0.05, 0) is 64.3 Å². The van der Waals surface area contributed by atoms with Gasteiger partial charge in [0.05, 0.1) is 24.5 Å². The number of amides is 1. The first-order chi connectivity index (χ1) is 20.1. The molecule has 1 unspecified atom stereocenters. The van der Waals surface area contributed by atoms with E-state index in [1.807, 2.05) is 51.1 Å². The van der Waals surface area contributed by atoms with Crippen molar-refractivity contribution in [3.63, 3.8) is 0 Å². The van der Waals surface area contributed by atoms with Gasteiger partial charge in [-0.15, -0.1) is 10.2 Å². The van der Waals surface area contributed by atoms with E-state index in [2.05, 4.69) is 25.1 Å². The summed E-state index contributed by atoms with van der Waals surface area (Å²) in [5.41, 5.74) is 2.26. The van der Waals surface area contributed by atoms with E-state index in [0.717, 1.165) is 17.5 Å². The molecule has 1 saturated heterocycles. The van der Waals surface area contributed by atoms with Crippen LogP contribution in [0.3, 0.4) is 0 Å². The second-order valence-corrected chi connectivity index (χ2v) is 11.5. The zero-order valence-electron chi connectivity index (χ0n) is 24.6. The molecule has 0 bridgehead atoms. The number of hydrogen-bond acceptors (Lipinski definition) is 10. The van der Waals surface area contributed by atoms with Crippen LogP contribution in [0.4, 0.5) is 15.0 Å². The number of carbonyl (C=O) groups excluding carboxylic acids is 1. The van der Waals surface area contributed by atoms with Gasteiger partial charge in [-0.1, -0.05) is 6.07 Å². The number of rotatable bonds is 9. The van der Waals surface area contributed by atoms with Crippen LogP contribution in [0.25, 0.3) is 22.5 Å². The minimum absolute atomic E-state index is 0.0581. The van der Waals surface area contributed by atoms with Gasteiger partial charge in [0.25, 0.3) is 0 Å². The summed E-state index contributed by atoms with van der Waals surface area (Å²) in [5, 5.41) is 9.01. The highest BCUT2D eigenvalue weighted by molar-refractivity contribution is 5.74. The molecule has 2 aromatic heterocycles. The van der Waals surface area contributed by atoms with Gasteiger partial charge >= 0.3 is 6.09 Å². The maximum Gasteiger partial charge on any atom is 0.410 e. The lowest BCUT2D eigenvalue weighted by Crippen LogP contribution is -2.55. The molecule has 12 heteroatoms. The predicted molar refractivity (Wildman–Crippen MR) is 154 cm³/mol. The average molecular weight is 581 g/mol. The van der Waals surface area contributed by atoms with E-state index in [0.29, 0.717) is 54.8 Å². The minimum atomic E-state index is -0.869. The van der Waals surface area contributed by atoms with Crippen molar-refractivity contribution in [3.05, 3.63) is 42.7 Å². The first-order valence-corrected chi connectivity index (χ1v) is 14.0. The summed E-state index contributed by atoms with van der Waals surface area (Å²) in [4.78, 5) is 25.3. The van der Waals surface area contributed by atoms with Crippen molar-refractivity contribution in [2.24, 2.45) is 0 Å². The Morgan fingerprint density at radius 1 is 1.05 bits per heavy atom. The Hall–Kier alpha value is -4.06. The average Bonchev–Trinajstić information content (AvgIpc) is 3.44. The number of alkyl halides is 1. The van der Waals surface area contributed by atoms with Crippen LogP contribution >= 0.6 is 0 Å². The SMILES string of the molecule is COCOc1cc(-c2cc(OC)ncn2)ccc1-c1ccc(N2CCC(N(C(=O)OC(C)(C)C)C3CC(F)C3)C2)nn1. The molecular formula is C30H37FN6O5. The Balaban J connectivity index is 1.33. The van der Waals surface area contributed by atoms with Gasteiger partial charge in [0.2, 0.25) is 5.88 Å². The predicted octanol–water partition coefficient (Wildman–Crippen LogP) is 4.91. The van der Waals surface area contributed by atoms with Crippen LogP contribution in [0.15, 0.2) is 42.7 Å². The van der Waals surface area contributed by atoms with Crippen LogP contribution in [0, 0.1) is 0 Å². The quantitative estimate of drug-likeness (QED) is 0.324. The van der Waals surface area contributed by atoms with Crippen molar-refractivity contribution >= 4 is 11.9 Å². The van der Waals surface area contributed by atoms with E-state index in [4.69, 9.17) is 18.9 Å². The van der Waals surface area contributed by atoms with Crippen LogP contribution in [0.5, 0.6) is 11.6 Å². The summed E-state index contributed by atoms with van der Waals surface area (Å²) in [6.45, 7) is 6.84. The topological polar surface area (TPSA) is 112 Å².